The number of hydrogen-bond acceptors (Lipinski definition) is 6. The highest BCUT2D eigenvalue weighted by Crippen LogP contribution is 2.24. The van der Waals surface area contributed by atoms with Crippen LogP contribution in [0.25, 0.3) is 28.3 Å². The van der Waals surface area contributed by atoms with Gasteiger partial charge in [-0.1, -0.05) is 30.3 Å². The molecule has 1 aromatic carbocycles. The molecule has 0 bridgehead atoms. The summed E-state index contributed by atoms with van der Waals surface area (Å²) in [6, 6.07) is 16.0. The summed E-state index contributed by atoms with van der Waals surface area (Å²) in [4.78, 5) is 21.7. The molecule has 0 saturated carbocycles. The van der Waals surface area contributed by atoms with Crippen LogP contribution in [-0.4, -0.2) is 35.3 Å². The predicted octanol–water partition coefficient (Wildman–Crippen LogP) is 3.45. The number of hydrogen-bond donors (Lipinski definition) is 1. The minimum atomic E-state index is -0.666. The Morgan fingerprint density at radius 1 is 1.15 bits per heavy atom. The minimum absolute atomic E-state index is 0.0422. The van der Waals surface area contributed by atoms with Gasteiger partial charge in [0.1, 0.15) is 11.8 Å². The zero-order chi connectivity index (χ0) is 22.9. The smallest absolute Gasteiger partial charge is 0.274 e. The van der Waals surface area contributed by atoms with E-state index in [0.29, 0.717) is 28.3 Å². The molecular weight excluding hydrogens is 423 g/mol. The van der Waals surface area contributed by atoms with Gasteiger partial charge in [0, 0.05) is 24.9 Å². The number of nitriles is 1. The van der Waals surface area contributed by atoms with Gasteiger partial charge in [0.15, 0.2) is 17.3 Å². The summed E-state index contributed by atoms with van der Waals surface area (Å²) in [5.41, 5.74) is 2.64. The highest BCUT2D eigenvalue weighted by atomic mass is 19.1. The molecule has 0 saturated heterocycles. The maximum Gasteiger partial charge on any atom is 0.274 e. The van der Waals surface area contributed by atoms with Crippen molar-refractivity contribution in [3.8, 4) is 28.7 Å². The Labute approximate surface area is 186 Å². The Morgan fingerprint density at radius 2 is 1.97 bits per heavy atom. The van der Waals surface area contributed by atoms with Gasteiger partial charge in [-0.05, 0) is 12.1 Å². The van der Waals surface area contributed by atoms with E-state index in [-0.39, 0.29) is 11.4 Å². The van der Waals surface area contributed by atoms with E-state index in [9.17, 15) is 9.18 Å². The first kappa shape index (κ1) is 20.0. The number of carbonyl (C=O) groups excluding carboxylic acids is 1. The second kappa shape index (κ2) is 7.97. The van der Waals surface area contributed by atoms with Crippen LogP contribution < -0.4 is 5.32 Å². The lowest BCUT2D eigenvalue weighted by atomic mass is 10.1. The van der Waals surface area contributed by atoms with Gasteiger partial charge < -0.3 is 5.32 Å². The van der Waals surface area contributed by atoms with E-state index in [4.69, 9.17) is 5.26 Å². The van der Waals surface area contributed by atoms with Crippen molar-refractivity contribution in [1.82, 2.24) is 29.4 Å². The van der Waals surface area contributed by atoms with Crippen molar-refractivity contribution in [2.24, 2.45) is 7.05 Å². The lowest BCUT2D eigenvalue weighted by Gasteiger charge is -2.09. The summed E-state index contributed by atoms with van der Waals surface area (Å²) in [5.74, 6) is -0.790. The molecule has 1 amide bonds. The van der Waals surface area contributed by atoms with Gasteiger partial charge in [0.25, 0.3) is 5.91 Å². The number of pyridine rings is 2. The first-order valence-corrected chi connectivity index (χ1v) is 9.84. The van der Waals surface area contributed by atoms with Crippen LogP contribution in [0, 0.1) is 17.1 Å². The van der Waals surface area contributed by atoms with Crippen LogP contribution in [0.4, 0.5) is 10.1 Å². The molecule has 4 heterocycles. The number of amides is 1. The first-order chi connectivity index (χ1) is 16.0. The number of fused-ring (bicyclic) bond motifs is 1. The van der Waals surface area contributed by atoms with Crippen molar-refractivity contribution in [1.29, 1.82) is 5.26 Å². The fraction of sp³-hybridized carbons (Fsp3) is 0.0435. The Hall–Kier alpha value is -4.91. The molecule has 0 atom stereocenters. The zero-order valence-electron chi connectivity index (χ0n) is 17.3. The third-order valence-electron chi connectivity index (χ3n) is 5.03. The lowest BCUT2D eigenvalue weighted by Crippen LogP contribution is -2.18. The monoisotopic (exact) mass is 438 g/mol. The first-order valence-electron chi connectivity index (χ1n) is 9.84. The van der Waals surface area contributed by atoms with Crippen molar-refractivity contribution in [2.75, 3.05) is 5.32 Å². The summed E-state index contributed by atoms with van der Waals surface area (Å²) in [6.07, 6.45) is 4.07. The summed E-state index contributed by atoms with van der Waals surface area (Å²) in [5, 5.41) is 20.0. The maximum atomic E-state index is 14.8. The second-order valence-electron chi connectivity index (χ2n) is 7.17. The third kappa shape index (κ3) is 3.68. The van der Waals surface area contributed by atoms with Gasteiger partial charge in [-0.2, -0.15) is 10.4 Å². The van der Waals surface area contributed by atoms with E-state index >= 15 is 0 Å². The molecule has 0 aliphatic carbocycles. The molecule has 5 aromatic rings. The van der Waals surface area contributed by atoms with Crippen LogP contribution >= 0.6 is 0 Å². The predicted molar refractivity (Wildman–Crippen MR) is 117 cm³/mol. The number of anilines is 1. The lowest BCUT2D eigenvalue weighted by molar-refractivity contribution is 0.101. The molecule has 9 nitrogen and oxygen atoms in total. The molecule has 33 heavy (non-hydrogen) atoms. The Bertz CT molecular complexity index is 1530. The summed E-state index contributed by atoms with van der Waals surface area (Å²) in [7, 11) is 1.60. The van der Waals surface area contributed by atoms with E-state index in [2.05, 4.69) is 25.5 Å². The molecule has 0 radical (unpaired) electrons. The van der Waals surface area contributed by atoms with Crippen LogP contribution in [0.1, 0.15) is 16.1 Å². The van der Waals surface area contributed by atoms with Crippen molar-refractivity contribution < 1.29 is 9.18 Å². The van der Waals surface area contributed by atoms with E-state index in [1.165, 1.54) is 27.7 Å². The molecular formula is C23H15FN8O. The molecule has 0 spiro atoms. The number of rotatable bonds is 4. The summed E-state index contributed by atoms with van der Waals surface area (Å²) < 4.78 is 17.5. The fourth-order valence-electron chi connectivity index (χ4n) is 3.40. The molecule has 4 aromatic heterocycles. The SMILES string of the molecule is Cn1ncc(-c2ccc(C#N)cn2)c1C(=O)Nc1cc2nc(-c3ccccc3)nn2cc1F. The van der Waals surface area contributed by atoms with Crippen molar-refractivity contribution >= 4 is 17.2 Å². The van der Waals surface area contributed by atoms with Crippen LogP contribution in [0.5, 0.6) is 0 Å². The van der Waals surface area contributed by atoms with Gasteiger partial charge in [0.2, 0.25) is 0 Å². The highest BCUT2D eigenvalue weighted by molar-refractivity contribution is 6.07. The molecule has 1 N–H and O–H groups in total. The molecule has 5 rings (SSSR count). The van der Waals surface area contributed by atoms with Crippen molar-refractivity contribution in [3.05, 3.63) is 84.2 Å². The Kier molecular flexibility index (Phi) is 4.84. The Balaban J connectivity index is 1.48. The van der Waals surface area contributed by atoms with E-state index in [1.807, 2.05) is 36.4 Å². The number of benzene rings is 1. The second-order valence-corrected chi connectivity index (χ2v) is 7.17. The van der Waals surface area contributed by atoms with E-state index in [1.54, 1.807) is 19.2 Å². The normalized spacial score (nSPS) is 10.8. The number of carbonyl (C=O) groups is 1. The number of nitrogens with one attached hydrogen (secondary N) is 1. The standard InChI is InChI=1S/C23H15FN8O/c1-31-21(16(12-27-31)18-8-7-14(10-25)11-26-18)23(33)28-19-9-20-29-22(15-5-3-2-4-6-15)30-32(20)13-17(19)24/h2-9,11-13H,1H3,(H,28,33). The molecule has 0 fully saturated rings. The number of nitrogens with zero attached hydrogens (tertiary/aromatic N) is 7. The molecule has 10 heteroatoms. The number of halogens is 1. The van der Waals surface area contributed by atoms with Crippen LogP contribution in [-0.2, 0) is 7.05 Å². The average molecular weight is 438 g/mol. The van der Waals surface area contributed by atoms with Gasteiger partial charge in [-0.25, -0.2) is 13.9 Å². The van der Waals surface area contributed by atoms with Gasteiger partial charge >= 0.3 is 0 Å². The van der Waals surface area contributed by atoms with Crippen molar-refractivity contribution in [3.63, 3.8) is 0 Å². The van der Waals surface area contributed by atoms with Gasteiger partial charge in [-0.15, -0.1) is 5.10 Å². The van der Waals surface area contributed by atoms with Crippen LogP contribution in [0.15, 0.2) is 67.1 Å². The summed E-state index contributed by atoms with van der Waals surface area (Å²) in [6.45, 7) is 0. The average Bonchev–Trinajstić information content (AvgIpc) is 3.43. The number of aromatic nitrogens is 6. The molecule has 0 unspecified atom stereocenters. The maximum absolute atomic E-state index is 14.8. The Morgan fingerprint density at radius 3 is 2.70 bits per heavy atom. The third-order valence-corrected chi connectivity index (χ3v) is 5.03. The highest BCUT2D eigenvalue weighted by Gasteiger charge is 2.21. The fourth-order valence-corrected chi connectivity index (χ4v) is 3.40. The van der Waals surface area contributed by atoms with Gasteiger partial charge in [-0.3, -0.25) is 14.5 Å². The topological polar surface area (TPSA) is 114 Å². The largest absolute Gasteiger partial charge is 0.318 e. The molecule has 160 valence electrons. The quantitative estimate of drug-likeness (QED) is 0.460. The number of aryl methyl sites for hydroxylation is 1. The van der Waals surface area contributed by atoms with Crippen LogP contribution in [0.2, 0.25) is 0 Å². The van der Waals surface area contributed by atoms with E-state index in [0.717, 1.165) is 11.8 Å². The minimum Gasteiger partial charge on any atom is -0.318 e. The van der Waals surface area contributed by atoms with Crippen molar-refractivity contribution in [2.45, 2.75) is 0 Å². The summed E-state index contributed by atoms with van der Waals surface area (Å²) >= 11 is 0. The molecule has 0 aliphatic rings. The zero-order valence-corrected chi connectivity index (χ0v) is 17.3. The van der Waals surface area contributed by atoms with E-state index < -0.39 is 11.7 Å². The van der Waals surface area contributed by atoms with Gasteiger partial charge in [0.05, 0.1) is 34.9 Å². The van der Waals surface area contributed by atoms with Crippen LogP contribution in [0.3, 0.4) is 0 Å². The molecule has 0 aliphatic heterocycles.